The highest BCUT2D eigenvalue weighted by Gasteiger charge is 2.30. The number of para-hydroxylation sites is 1. The molecule has 0 aliphatic heterocycles. The van der Waals surface area contributed by atoms with E-state index in [0.29, 0.717) is 32.3 Å². The van der Waals surface area contributed by atoms with E-state index in [1.54, 1.807) is 25.3 Å². The highest BCUT2D eigenvalue weighted by atomic mass is 32.2. The first-order valence-electron chi connectivity index (χ1n) is 15.6. The van der Waals surface area contributed by atoms with Crippen LogP contribution in [-0.2, 0) is 35.6 Å². The van der Waals surface area contributed by atoms with E-state index in [4.69, 9.17) is 4.74 Å². The number of nitrogens with zero attached hydrogens (tertiary/aromatic N) is 1. The Morgan fingerprint density at radius 2 is 1.47 bits per heavy atom. The fourth-order valence-corrected chi connectivity index (χ4v) is 7.57. The van der Waals surface area contributed by atoms with E-state index >= 15 is 0 Å². The van der Waals surface area contributed by atoms with Crippen LogP contribution in [0.25, 0.3) is 43.2 Å². The Balaban J connectivity index is 1.18. The van der Waals surface area contributed by atoms with Crippen molar-refractivity contribution in [1.29, 1.82) is 0 Å². The highest BCUT2D eigenvalue weighted by molar-refractivity contribution is 7.89. The number of hydrogen-bond donors (Lipinski definition) is 4. The van der Waals surface area contributed by atoms with Gasteiger partial charge in [0.05, 0.1) is 27.9 Å². The normalized spacial score (nSPS) is 13.8. The first-order valence-corrected chi connectivity index (χ1v) is 17.1. The van der Waals surface area contributed by atoms with E-state index < -0.39 is 50.9 Å². The Hall–Kier alpha value is -5.60. The summed E-state index contributed by atoms with van der Waals surface area (Å²) in [5.74, 6) is -2.07. The SMILES string of the molecule is CCOC(=O)[C@H](Cc1c[nH]c2ccccc12)NC(=O)[C@@H](C)NC(=O)[C@H](C)NS(=O)(=O)c1ccc2ccc3ccc([N+](=O)[O-])c4ccc1c2c34. The summed E-state index contributed by atoms with van der Waals surface area (Å²) in [6.45, 7) is 4.52. The van der Waals surface area contributed by atoms with Crippen molar-refractivity contribution in [2.75, 3.05) is 6.61 Å². The van der Waals surface area contributed by atoms with Crippen molar-refractivity contribution < 1.29 is 32.5 Å². The molecule has 2 amide bonds. The summed E-state index contributed by atoms with van der Waals surface area (Å²) >= 11 is 0. The van der Waals surface area contributed by atoms with E-state index in [0.717, 1.165) is 16.5 Å². The summed E-state index contributed by atoms with van der Waals surface area (Å²) in [6, 6.07) is 16.8. The number of aromatic amines is 1. The molecule has 0 radical (unpaired) electrons. The lowest BCUT2D eigenvalue weighted by molar-refractivity contribution is -0.383. The van der Waals surface area contributed by atoms with Gasteiger partial charge >= 0.3 is 5.97 Å². The van der Waals surface area contributed by atoms with Gasteiger partial charge in [-0.3, -0.25) is 19.7 Å². The maximum Gasteiger partial charge on any atom is 0.328 e. The molecule has 14 heteroatoms. The maximum absolute atomic E-state index is 13.7. The number of carbonyl (C=O) groups is 3. The summed E-state index contributed by atoms with van der Waals surface area (Å²) in [5.41, 5.74) is 1.57. The zero-order chi connectivity index (χ0) is 35.0. The van der Waals surface area contributed by atoms with Crippen molar-refractivity contribution >= 4 is 76.7 Å². The smallest absolute Gasteiger partial charge is 0.328 e. The fourth-order valence-electron chi connectivity index (χ4n) is 6.16. The summed E-state index contributed by atoms with van der Waals surface area (Å²) in [7, 11) is -4.30. The summed E-state index contributed by atoms with van der Waals surface area (Å²) in [5, 5.41) is 21.0. The quantitative estimate of drug-likeness (QED) is 0.0630. The molecule has 6 rings (SSSR count). The van der Waals surface area contributed by atoms with E-state index in [1.165, 1.54) is 38.1 Å². The Morgan fingerprint density at radius 3 is 2.18 bits per heavy atom. The lowest BCUT2D eigenvalue weighted by Gasteiger charge is -2.22. The average molecular weight is 684 g/mol. The van der Waals surface area contributed by atoms with E-state index in [-0.39, 0.29) is 23.6 Å². The molecule has 0 saturated carbocycles. The van der Waals surface area contributed by atoms with Crippen LogP contribution >= 0.6 is 0 Å². The average Bonchev–Trinajstić information content (AvgIpc) is 3.48. The number of benzene rings is 5. The molecule has 0 aliphatic carbocycles. The van der Waals surface area contributed by atoms with Gasteiger partial charge in [0, 0.05) is 40.4 Å². The Kier molecular flexibility index (Phi) is 8.92. The molecule has 0 saturated heterocycles. The van der Waals surface area contributed by atoms with Gasteiger partial charge in [0.15, 0.2) is 0 Å². The van der Waals surface area contributed by atoms with E-state index in [1.807, 2.05) is 36.4 Å². The van der Waals surface area contributed by atoms with Crippen LogP contribution in [0.15, 0.2) is 83.9 Å². The largest absolute Gasteiger partial charge is 0.464 e. The Morgan fingerprint density at radius 1 is 0.837 bits per heavy atom. The van der Waals surface area contributed by atoms with Crippen LogP contribution in [0.1, 0.15) is 26.3 Å². The molecule has 1 aromatic heterocycles. The van der Waals surface area contributed by atoms with Gasteiger partial charge < -0.3 is 20.4 Å². The molecule has 13 nitrogen and oxygen atoms in total. The molecule has 3 atom stereocenters. The number of esters is 1. The molecule has 4 N–H and O–H groups in total. The third kappa shape index (κ3) is 6.35. The van der Waals surface area contributed by atoms with Crippen LogP contribution in [0, 0.1) is 10.1 Å². The van der Waals surface area contributed by atoms with Crippen LogP contribution < -0.4 is 15.4 Å². The van der Waals surface area contributed by atoms with Crippen molar-refractivity contribution in [1.82, 2.24) is 20.3 Å². The maximum atomic E-state index is 13.7. The second-order valence-electron chi connectivity index (χ2n) is 11.8. The number of nitrogens with one attached hydrogen (secondary N) is 4. The summed E-state index contributed by atoms with van der Waals surface area (Å²) in [4.78, 5) is 53.4. The number of aromatic nitrogens is 1. The van der Waals surface area contributed by atoms with Gasteiger partial charge in [-0.1, -0.05) is 42.5 Å². The van der Waals surface area contributed by atoms with Gasteiger partial charge in [-0.2, -0.15) is 4.72 Å². The van der Waals surface area contributed by atoms with Crippen LogP contribution in [0.4, 0.5) is 5.69 Å². The zero-order valence-electron chi connectivity index (χ0n) is 26.8. The van der Waals surface area contributed by atoms with Gasteiger partial charge in [0.2, 0.25) is 21.8 Å². The number of nitro benzene ring substituents is 1. The molecule has 0 unspecified atom stereocenters. The van der Waals surface area contributed by atoms with Gasteiger partial charge in [0.1, 0.15) is 12.1 Å². The second kappa shape index (κ2) is 13.1. The van der Waals surface area contributed by atoms with Crippen molar-refractivity contribution in [3.05, 3.63) is 94.7 Å². The monoisotopic (exact) mass is 683 g/mol. The van der Waals surface area contributed by atoms with Crippen molar-refractivity contribution in [3.8, 4) is 0 Å². The Bertz CT molecular complexity index is 2370. The van der Waals surface area contributed by atoms with Crippen LogP contribution in [0.5, 0.6) is 0 Å². The highest BCUT2D eigenvalue weighted by Crippen LogP contribution is 2.40. The molecule has 5 aromatic carbocycles. The second-order valence-corrected chi connectivity index (χ2v) is 13.5. The number of rotatable bonds is 12. The molecule has 0 spiro atoms. The standard InChI is InChI=1S/C35H33N5O8S/c1-4-48-35(43)28(17-23-18-36-27-8-6-5-7-24(23)27)38-33(41)19(2)37-34(42)20(3)39-49(46,47)30-16-12-22-10-9-21-11-15-29(40(44)45)25-13-14-26(30)32(22)31(21)25/h5-16,18-20,28,36,39H,4,17H2,1-3H3,(H,37,42)(H,38,41)/t19-,20+,28+/m1/s1. The topological polar surface area (TPSA) is 190 Å². The molecule has 0 bridgehead atoms. The van der Waals surface area contributed by atoms with Crippen molar-refractivity contribution in [2.24, 2.45) is 0 Å². The third-order valence-electron chi connectivity index (χ3n) is 8.55. The van der Waals surface area contributed by atoms with E-state index in [9.17, 15) is 32.9 Å². The molecule has 1 heterocycles. The van der Waals surface area contributed by atoms with Crippen LogP contribution in [0.3, 0.4) is 0 Å². The first-order chi connectivity index (χ1) is 23.4. The van der Waals surface area contributed by atoms with E-state index in [2.05, 4.69) is 20.3 Å². The van der Waals surface area contributed by atoms with Crippen LogP contribution in [0.2, 0.25) is 0 Å². The molecular weight excluding hydrogens is 650 g/mol. The van der Waals surface area contributed by atoms with Gasteiger partial charge in [-0.15, -0.1) is 0 Å². The summed E-state index contributed by atoms with van der Waals surface area (Å²) < 4.78 is 34.9. The van der Waals surface area contributed by atoms with Crippen LogP contribution in [-0.4, -0.2) is 60.8 Å². The number of hydrogen-bond acceptors (Lipinski definition) is 8. The van der Waals surface area contributed by atoms with Gasteiger partial charge in [-0.05, 0) is 66.8 Å². The van der Waals surface area contributed by atoms with Crippen molar-refractivity contribution in [2.45, 2.75) is 50.2 Å². The number of fused-ring (bicyclic) bond motifs is 1. The van der Waals surface area contributed by atoms with Crippen molar-refractivity contribution in [3.63, 3.8) is 0 Å². The lowest BCUT2D eigenvalue weighted by Crippen LogP contribution is -2.54. The number of non-ortho nitro benzene ring substituents is 1. The Labute approximate surface area is 280 Å². The molecule has 49 heavy (non-hydrogen) atoms. The van der Waals surface area contributed by atoms with Gasteiger partial charge in [-0.25, -0.2) is 13.2 Å². The minimum Gasteiger partial charge on any atom is -0.464 e. The fraction of sp³-hybridized carbons (Fsp3) is 0.229. The zero-order valence-corrected chi connectivity index (χ0v) is 27.6. The summed E-state index contributed by atoms with van der Waals surface area (Å²) in [6.07, 6.45) is 1.89. The number of H-pyrrole nitrogens is 1. The third-order valence-corrected chi connectivity index (χ3v) is 10.2. The molecule has 252 valence electrons. The number of nitro groups is 1. The number of sulfonamides is 1. The predicted molar refractivity (Wildman–Crippen MR) is 185 cm³/mol. The number of amides is 2. The van der Waals surface area contributed by atoms with Gasteiger partial charge in [0.25, 0.3) is 5.69 Å². The lowest BCUT2D eigenvalue weighted by atomic mass is 9.93. The predicted octanol–water partition coefficient (Wildman–Crippen LogP) is 4.44. The molecular formula is C35H33N5O8S. The first kappa shape index (κ1) is 33.3. The minimum atomic E-state index is -4.30. The number of carbonyl (C=O) groups excluding carboxylic acids is 3. The number of ether oxygens (including phenoxy) is 1. The minimum absolute atomic E-state index is 0.0942. The molecule has 0 fully saturated rings. The molecule has 6 aromatic rings. The molecule has 0 aliphatic rings.